The molecule has 0 atom stereocenters. The van der Waals surface area contributed by atoms with E-state index in [9.17, 15) is 0 Å². The molecule has 12 rings (SSSR count). The quantitative estimate of drug-likeness (QED) is 0.161. The van der Waals surface area contributed by atoms with Gasteiger partial charge in [-0.15, -0.1) is 0 Å². The SMILES string of the molecule is c1ccc(N(c2ccccc2)c2cc3c4c(cccc4c2)Oc2cc(-c4ccc5c(c4)Oc4cccc6cc(N(c7ccccc7)c7ccccc7)cc-5c46)ccc2-3)cc1. The summed E-state index contributed by atoms with van der Waals surface area (Å²) in [5.41, 5.74) is 13.1. The van der Waals surface area contributed by atoms with Gasteiger partial charge in [0.15, 0.2) is 0 Å². The van der Waals surface area contributed by atoms with Gasteiger partial charge in [-0.05, 0) is 142 Å². The number of hydrogen-bond acceptors (Lipinski definition) is 4. The Kier molecular flexibility index (Phi) is 7.82. The van der Waals surface area contributed by atoms with Gasteiger partial charge in [0.25, 0.3) is 0 Å². The van der Waals surface area contributed by atoms with Crippen molar-refractivity contribution >= 4 is 55.7 Å². The van der Waals surface area contributed by atoms with E-state index >= 15 is 0 Å². The van der Waals surface area contributed by atoms with Crippen LogP contribution in [0.15, 0.2) is 218 Å². The van der Waals surface area contributed by atoms with Crippen LogP contribution in [0.25, 0.3) is 54.9 Å². The summed E-state index contributed by atoms with van der Waals surface area (Å²) in [4.78, 5) is 4.64. The van der Waals surface area contributed by atoms with E-state index in [2.05, 4.69) is 228 Å². The number of nitrogens with zero attached hydrogens (tertiary/aromatic N) is 2. The van der Waals surface area contributed by atoms with Crippen LogP contribution in [-0.2, 0) is 0 Å². The third-order valence-corrected chi connectivity index (χ3v) is 11.7. The molecule has 0 spiro atoms. The lowest BCUT2D eigenvalue weighted by Gasteiger charge is -2.29. The van der Waals surface area contributed by atoms with Crippen molar-refractivity contribution in [2.45, 2.75) is 0 Å². The second-order valence-corrected chi connectivity index (χ2v) is 15.3. The van der Waals surface area contributed by atoms with Gasteiger partial charge >= 0.3 is 0 Å². The molecule has 10 aromatic rings. The van der Waals surface area contributed by atoms with Crippen LogP contribution in [0.1, 0.15) is 0 Å². The minimum atomic E-state index is 0.830. The summed E-state index contributed by atoms with van der Waals surface area (Å²) in [6, 6.07) is 77.2. The van der Waals surface area contributed by atoms with Gasteiger partial charge < -0.3 is 19.3 Å². The van der Waals surface area contributed by atoms with Crippen LogP contribution in [0.4, 0.5) is 34.1 Å². The molecule has 0 aliphatic carbocycles. The average molecular weight is 769 g/mol. The zero-order valence-electron chi connectivity index (χ0n) is 32.5. The van der Waals surface area contributed by atoms with Crippen molar-refractivity contribution in [1.29, 1.82) is 0 Å². The maximum atomic E-state index is 6.74. The summed E-state index contributed by atoms with van der Waals surface area (Å²) in [5, 5.41) is 4.50. The number of para-hydroxylation sites is 4. The van der Waals surface area contributed by atoms with Gasteiger partial charge in [-0.2, -0.15) is 0 Å². The normalized spacial score (nSPS) is 11.9. The molecular formula is C56H36N2O2. The maximum Gasteiger partial charge on any atom is 0.135 e. The monoisotopic (exact) mass is 768 g/mol. The van der Waals surface area contributed by atoms with Gasteiger partial charge in [-0.1, -0.05) is 109 Å². The minimum Gasteiger partial charge on any atom is -0.456 e. The van der Waals surface area contributed by atoms with E-state index in [0.717, 1.165) is 112 Å². The van der Waals surface area contributed by atoms with Crippen LogP contribution >= 0.6 is 0 Å². The molecule has 60 heavy (non-hydrogen) atoms. The molecule has 10 aromatic carbocycles. The molecule has 0 bridgehead atoms. The van der Waals surface area contributed by atoms with Crippen LogP contribution in [-0.4, -0.2) is 0 Å². The van der Waals surface area contributed by atoms with E-state index in [4.69, 9.17) is 9.47 Å². The summed E-state index contributed by atoms with van der Waals surface area (Å²) in [6.07, 6.45) is 0. The molecule has 0 saturated heterocycles. The zero-order valence-corrected chi connectivity index (χ0v) is 32.5. The number of ether oxygens (including phenoxy) is 2. The van der Waals surface area contributed by atoms with Crippen molar-refractivity contribution in [1.82, 2.24) is 0 Å². The standard InChI is InChI=1S/C56H36N2O2/c1-5-17-41(18-6-1)57(42-19-7-2-8-20-42)45-31-39-15-13-25-51-55(39)49(35-45)47-29-27-37(33-53(47)59-51)38-28-30-48-50-36-46(32-40-16-14-26-52(56(40)50)60-54(48)34-38)58(43-21-9-3-10-22-43)44-23-11-4-12-24-44/h1-36H. The molecule has 0 unspecified atom stereocenters. The maximum absolute atomic E-state index is 6.74. The predicted molar refractivity (Wildman–Crippen MR) is 247 cm³/mol. The summed E-state index contributed by atoms with van der Waals surface area (Å²) in [6.45, 7) is 0. The van der Waals surface area contributed by atoms with E-state index in [1.54, 1.807) is 0 Å². The van der Waals surface area contributed by atoms with Gasteiger partial charge in [-0.25, -0.2) is 0 Å². The first-order chi connectivity index (χ1) is 29.7. The van der Waals surface area contributed by atoms with Crippen molar-refractivity contribution in [2.75, 3.05) is 9.80 Å². The highest BCUT2D eigenvalue weighted by molar-refractivity contribution is 6.09. The molecule has 282 valence electrons. The molecule has 0 saturated carbocycles. The number of rotatable bonds is 7. The topological polar surface area (TPSA) is 24.9 Å². The molecule has 0 radical (unpaired) electrons. The molecule has 4 nitrogen and oxygen atoms in total. The summed E-state index contributed by atoms with van der Waals surface area (Å²) < 4.78 is 13.5. The summed E-state index contributed by atoms with van der Waals surface area (Å²) in [7, 11) is 0. The molecule has 0 amide bonds. The molecule has 0 aromatic heterocycles. The fraction of sp³-hybridized carbons (Fsp3) is 0. The number of benzene rings is 10. The van der Waals surface area contributed by atoms with Crippen LogP contribution in [0.2, 0.25) is 0 Å². The Bertz CT molecular complexity index is 2960. The van der Waals surface area contributed by atoms with Gasteiger partial charge in [-0.3, -0.25) is 0 Å². The number of hydrogen-bond donors (Lipinski definition) is 0. The van der Waals surface area contributed by atoms with E-state index in [1.807, 2.05) is 0 Å². The van der Waals surface area contributed by atoms with Gasteiger partial charge in [0, 0.05) is 56.0 Å². The largest absolute Gasteiger partial charge is 0.456 e. The Labute approximate surface area is 348 Å². The summed E-state index contributed by atoms with van der Waals surface area (Å²) >= 11 is 0. The lowest BCUT2D eigenvalue weighted by molar-refractivity contribution is 0.486. The lowest BCUT2D eigenvalue weighted by Crippen LogP contribution is -2.10. The number of anilines is 6. The highest BCUT2D eigenvalue weighted by Crippen LogP contribution is 2.53. The zero-order chi connectivity index (χ0) is 39.6. The Balaban J connectivity index is 0.955. The number of fused-ring (bicyclic) bond motifs is 4. The average Bonchev–Trinajstić information content (AvgIpc) is 3.30. The Morgan fingerprint density at radius 1 is 0.250 bits per heavy atom. The van der Waals surface area contributed by atoms with Crippen molar-refractivity contribution in [3.8, 4) is 56.4 Å². The van der Waals surface area contributed by atoms with E-state index < -0.39 is 0 Å². The van der Waals surface area contributed by atoms with Gasteiger partial charge in [0.2, 0.25) is 0 Å². The molecule has 2 aliphatic rings. The molecule has 2 aliphatic heterocycles. The first kappa shape index (κ1) is 34.0. The second kappa shape index (κ2) is 13.8. The van der Waals surface area contributed by atoms with E-state index in [-0.39, 0.29) is 0 Å². The molecule has 0 N–H and O–H groups in total. The van der Waals surface area contributed by atoms with Crippen LogP contribution in [0.3, 0.4) is 0 Å². The second-order valence-electron chi connectivity index (χ2n) is 15.3. The van der Waals surface area contributed by atoms with Gasteiger partial charge in [0.05, 0.1) is 0 Å². The first-order valence-corrected chi connectivity index (χ1v) is 20.3. The van der Waals surface area contributed by atoms with Crippen molar-refractivity contribution < 1.29 is 9.47 Å². The van der Waals surface area contributed by atoms with E-state index in [1.165, 1.54) is 0 Å². The molecular weight excluding hydrogens is 733 g/mol. The van der Waals surface area contributed by atoms with Crippen molar-refractivity contribution in [2.24, 2.45) is 0 Å². The summed E-state index contributed by atoms with van der Waals surface area (Å²) in [5.74, 6) is 3.38. The van der Waals surface area contributed by atoms with Crippen molar-refractivity contribution in [3.05, 3.63) is 218 Å². The minimum absolute atomic E-state index is 0.830. The lowest BCUT2D eigenvalue weighted by atomic mass is 9.90. The fourth-order valence-corrected chi connectivity index (χ4v) is 9.07. The van der Waals surface area contributed by atoms with Gasteiger partial charge in [0.1, 0.15) is 23.0 Å². The Morgan fingerprint density at radius 3 is 0.983 bits per heavy atom. The molecule has 4 heteroatoms. The predicted octanol–water partition coefficient (Wildman–Crippen LogP) is 16.1. The van der Waals surface area contributed by atoms with Crippen LogP contribution in [0, 0.1) is 0 Å². The molecule has 0 fully saturated rings. The van der Waals surface area contributed by atoms with Crippen LogP contribution < -0.4 is 19.3 Å². The van der Waals surface area contributed by atoms with Crippen LogP contribution in [0.5, 0.6) is 23.0 Å². The highest BCUT2D eigenvalue weighted by atomic mass is 16.5. The molecule has 2 heterocycles. The Hall–Kier alpha value is -8.08. The Morgan fingerprint density at radius 2 is 0.617 bits per heavy atom. The third-order valence-electron chi connectivity index (χ3n) is 11.7. The highest BCUT2D eigenvalue weighted by Gasteiger charge is 2.26. The third kappa shape index (κ3) is 5.61. The fourth-order valence-electron chi connectivity index (χ4n) is 9.07. The smallest absolute Gasteiger partial charge is 0.135 e. The first-order valence-electron chi connectivity index (χ1n) is 20.3. The van der Waals surface area contributed by atoms with E-state index in [0.29, 0.717) is 0 Å². The van der Waals surface area contributed by atoms with Crippen molar-refractivity contribution in [3.63, 3.8) is 0 Å².